The highest BCUT2D eigenvalue weighted by Gasteiger charge is 2.22. The van der Waals surface area contributed by atoms with Gasteiger partial charge in [-0.05, 0) is 32.9 Å². The Labute approximate surface area is 101 Å². The van der Waals surface area contributed by atoms with E-state index >= 15 is 0 Å². The van der Waals surface area contributed by atoms with Crippen molar-refractivity contribution in [2.75, 3.05) is 13.6 Å². The Morgan fingerprint density at radius 1 is 1.41 bits per heavy atom. The molecular weight excluding hydrogens is 218 g/mol. The number of phenolic OH excluding ortho intramolecular Hbond substituents is 1. The fourth-order valence-electron chi connectivity index (χ4n) is 1.68. The maximum Gasteiger partial charge on any atom is 0.257 e. The third-order valence-electron chi connectivity index (χ3n) is 2.35. The van der Waals surface area contributed by atoms with Gasteiger partial charge in [-0.2, -0.15) is 0 Å². The van der Waals surface area contributed by atoms with E-state index in [9.17, 15) is 15.0 Å². The van der Waals surface area contributed by atoms with Crippen LogP contribution in [0.25, 0.3) is 0 Å². The molecule has 4 heteroatoms. The summed E-state index contributed by atoms with van der Waals surface area (Å²) >= 11 is 0. The summed E-state index contributed by atoms with van der Waals surface area (Å²) in [6.45, 7) is 5.32. The number of aromatic hydroxyl groups is 1. The van der Waals surface area contributed by atoms with Gasteiger partial charge in [-0.1, -0.05) is 11.6 Å². The second kappa shape index (κ2) is 4.75. The van der Waals surface area contributed by atoms with Crippen LogP contribution in [0.1, 0.15) is 29.8 Å². The van der Waals surface area contributed by atoms with E-state index < -0.39 is 5.60 Å². The van der Waals surface area contributed by atoms with Gasteiger partial charge in [-0.3, -0.25) is 4.79 Å². The summed E-state index contributed by atoms with van der Waals surface area (Å²) in [4.78, 5) is 13.4. The van der Waals surface area contributed by atoms with E-state index in [0.29, 0.717) is 0 Å². The standard InChI is InChI=1S/C13H19NO3/c1-9-5-6-11(15)10(7-9)12(16)14(4)8-13(2,3)17/h5-7,15,17H,8H2,1-4H3. The minimum atomic E-state index is -0.955. The molecule has 0 aliphatic rings. The zero-order chi connectivity index (χ0) is 13.2. The van der Waals surface area contributed by atoms with Crippen LogP contribution in [0, 0.1) is 6.92 Å². The van der Waals surface area contributed by atoms with Gasteiger partial charge in [-0.25, -0.2) is 0 Å². The fourth-order valence-corrected chi connectivity index (χ4v) is 1.68. The molecule has 1 aromatic rings. The highest BCUT2D eigenvalue weighted by atomic mass is 16.3. The average molecular weight is 237 g/mol. The Kier molecular flexibility index (Phi) is 3.78. The van der Waals surface area contributed by atoms with Crippen LogP contribution in [0.15, 0.2) is 18.2 Å². The SMILES string of the molecule is Cc1ccc(O)c(C(=O)N(C)CC(C)(C)O)c1. The van der Waals surface area contributed by atoms with Gasteiger partial charge in [0.15, 0.2) is 0 Å². The van der Waals surface area contributed by atoms with Crippen molar-refractivity contribution in [3.05, 3.63) is 29.3 Å². The zero-order valence-corrected chi connectivity index (χ0v) is 10.7. The number of benzene rings is 1. The lowest BCUT2D eigenvalue weighted by atomic mass is 10.1. The molecule has 0 saturated heterocycles. The van der Waals surface area contributed by atoms with E-state index in [1.807, 2.05) is 6.92 Å². The van der Waals surface area contributed by atoms with Crippen molar-refractivity contribution in [3.8, 4) is 5.75 Å². The molecule has 0 spiro atoms. The number of carbonyl (C=O) groups excluding carboxylic acids is 1. The first-order valence-corrected chi connectivity index (χ1v) is 5.48. The van der Waals surface area contributed by atoms with Crippen LogP contribution in [-0.4, -0.2) is 40.2 Å². The molecule has 0 heterocycles. The highest BCUT2D eigenvalue weighted by Crippen LogP contribution is 2.20. The minimum Gasteiger partial charge on any atom is -0.507 e. The number of hydrogen-bond acceptors (Lipinski definition) is 3. The van der Waals surface area contributed by atoms with Crippen molar-refractivity contribution in [1.82, 2.24) is 4.90 Å². The second-order valence-corrected chi connectivity index (χ2v) is 4.99. The molecule has 0 aliphatic carbocycles. The number of aryl methyl sites for hydroxylation is 1. The molecular formula is C13H19NO3. The summed E-state index contributed by atoms with van der Waals surface area (Å²) in [5.41, 5.74) is 0.212. The van der Waals surface area contributed by atoms with E-state index in [0.717, 1.165) is 5.56 Å². The first-order chi connectivity index (χ1) is 7.70. The van der Waals surface area contributed by atoms with Crippen LogP contribution in [0.3, 0.4) is 0 Å². The first kappa shape index (κ1) is 13.5. The second-order valence-electron chi connectivity index (χ2n) is 4.99. The molecule has 1 amide bonds. The van der Waals surface area contributed by atoms with Crippen LogP contribution in [-0.2, 0) is 0 Å². The van der Waals surface area contributed by atoms with Crippen molar-refractivity contribution in [2.45, 2.75) is 26.4 Å². The Bertz CT molecular complexity index is 421. The molecule has 0 radical (unpaired) electrons. The molecule has 0 fully saturated rings. The van der Waals surface area contributed by atoms with E-state index in [2.05, 4.69) is 0 Å². The van der Waals surface area contributed by atoms with Gasteiger partial charge in [0, 0.05) is 13.6 Å². The fraction of sp³-hybridized carbons (Fsp3) is 0.462. The molecule has 4 nitrogen and oxygen atoms in total. The maximum atomic E-state index is 12.1. The monoisotopic (exact) mass is 237 g/mol. The van der Waals surface area contributed by atoms with E-state index in [-0.39, 0.29) is 23.8 Å². The van der Waals surface area contributed by atoms with Crippen molar-refractivity contribution >= 4 is 5.91 Å². The lowest BCUT2D eigenvalue weighted by Gasteiger charge is -2.25. The number of carbonyl (C=O) groups is 1. The van der Waals surface area contributed by atoms with Gasteiger partial charge in [0.05, 0.1) is 11.2 Å². The van der Waals surface area contributed by atoms with Gasteiger partial charge in [0.1, 0.15) is 5.75 Å². The molecule has 1 rings (SSSR count). The molecule has 1 aromatic carbocycles. The van der Waals surface area contributed by atoms with Gasteiger partial charge in [0.25, 0.3) is 5.91 Å². The molecule has 0 atom stereocenters. The highest BCUT2D eigenvalue weighted by molar-refractivity contribution is 5.96. The topological polar surface area (TPSA) is 60.8 Å². The number of amides is 1. The lowest BCUT2D eigenvalue weighted by Crippen LogP contribution is -2.39. The smallest absolute Gasteiger partial charge is 0.257 e. The molecule has 94 valence electrons. The average Bonchev–Trinajstić information content (AvgIpc) is 2.18. The van der Waals surface area contributed by atoms with Gasteiger partial charge < -0.3 is 15.1 Å². The summed E-state index contributed by atoms with van der Waals surface area (Å²) in [7, 11) is 1.60. The van der Waals surface area contributed by atoms with Crippen molar-refractivity contribution in [3.63, 3.8) is 0 Å². The molecule has 2 N–H and O–H groups in total. The van der Waals surface area contributed by atoms with Crippen molar-refractivity contribution in [2.24, 2.45) is 0 Å². The molecule has 0 bridgehead atoms. The number of phenols is 1. The molecule has 0 unspecified atom stereocenters. The Balaban J connectivity index is 2.93. The summed E-state index contributed by atoms with van der Waals surface area (Å²) in [6.07, 6.45) is 0. The minimum absolute atomic E-state index is 0.0387. The third-order valence-corrected chi connectivity index (χ3v) is 2.35. The maximum absolute atomic E-state index is 12.1. The van der Waals surface area contributed by atoms with Crippen molar-refractivity contribution < 1.29 is 15.0 Å². The number of rotatable bonds is 3. The van der Waals surface area contributed by atoms with Gasteiger partial charge >= 0.3 is 0 Å². The molecule has 0 aliphatic heterocycles. The van der Waals surface area contributed by atoms with Crippen LogP contribution < -0.4 is 0 Å². The van der Waals surface area contributed by atoms with Crippen LogP contribution >= 0.6 is 0 Å². The van der Waals surface area contributed by atoms with Gasteiger partial charge in [0.2, 0.25) is 0 Å². The summed E-state index contributed by atoms with van der Waals surface area (Å²) in [5.74, 6) is -0.337. The normalized spacial score (nSPS) is 11.4. The number of nitrogens with zero attached hydrogens (tertiary/aromatic N) is 1. The van der Waals surface area contributed by atoms with Crippen molar-refractivity contribution in [1.29, 1.82) is 0 Å². The van der Waals surface area contributed by atoms with E-state index in [1.165, 1.54) is 11.0 Å². The lowest BCUT2D eigenvalue weighted by molar-refractivity contribution is 0.0366. The molecule has 17 heavy (non-hydrogen) atoms. The largest absolute Gasteiger partial charge is 0.507 e. The van der Waals surface area contributed by atoms with Crippen LogP contribution in [0.2, 0.25) is 0 Å². The van der Waals surface area contributed by atoms with E-state index in [1.54, 1.807) is 33.0 Å². The Morgan fingerprint density at radius 3 is 2.53 bits per heavy atom. The quantitative estimate of drug-likeness (QED) is 0.838. The van der Waals surface area contributed by atoms with E-state index in [4.69, 9.17) is 0 Å². The van der Waals surface area contributed by atoms with Crippen LogP contribution in [0.5, 0.6) is 5.75 Å². The Morgan fingerprint density at radius 2 is 2.00 bits per heavy atom. The molecule has 0 aromatic heterocycles. The predicted octanol–water partition coefficient (Wildman–Crippen LogP) is 1.54. The van der Waals surface area contributed by atoms with Gasteiger partial charge in [-0.15, -0.1) is 0 Å². The summed E-state index contributed by atoms with van der Waals surface area (Å²) < 4.78 is 0. The predicted molar refractivity (Wildman–Crippen MR) is 66.1 cm³/mol. The molecule has 0 saturated carbocycles. The zero-order valence-electron chi connectivity index (χ0n) is 10.7. The van der Waals surface area contributed by atoms with Crippen LogP contribution in [0.4, 0.5) is 0 Å². The number of aliphatic hydroxyl groups is 1. The third kappa shape index (κ3) is 3.75. The summed E-state index contributed by atoms with van der Waals surface area (Å²) in [6, 6.07) is 4.88. The number of likely N-dealkylation sites (N-methyl/N-ethyl adjacent to an activating group) is 1. The Hall–Kier alpha value is -1.55. The number of hydrogen-bond donors (Lipinski definition) is 2. The summed E-state index contributed by atoms with van der Waals surface area (Å²) in [5, 5.41) is 19.3. The first-order valence-electron chi connectivity index (χ1n) is 5.48.